The minimum atomic E-state index is -0.221. The zero-order valence-electron chi connectivity index (χ0n) is 18.0. The second kappa shape index (κ2) is 9.50. The third-order valence-electron chi connectivity index (χ3n) is 5.97. The van der Waals surface area contributed by atoms with Gasteiger partial charge in [-0.1, -0.05) is 26.0 Å². The lowest BCUT2D eigenvalue weighted by Crippen LogP contribution is -2.22. The van der Waals surface area contributed by atoms with E-state index in [0.717, 1.165) is 25.2 Å². The third kappa shape index (κ3) is 4.53. The fourth-order valence-electron chi connectivity index (χ4n) is 4.16. The van der Waals surface area contributed by atoms with Crippen LogP contribution in [0.4, 0.5) is 4.39 Å². The lowest BCUT2D eigenvalue weighted by atomic mass is 9.97. The van der Waals surface area contributed by atoms with Gasteiger partial charge in [-0.15, -0.1) is 0 Å². The van der Waals surface area contributed by atoms with E-state index >= 15 is 0 Å². The monoisotopic (exact) mass is 445 g/mol. The van der Waals surface area contributed by atoms with Crippen molar-refractivity contribution >= 4 is 17.5 Å². The number of hydrogen-bond acceptors (Lipinski definition) is 6. The Hall–Kier alpha value is -2.23. The van der Waals surface area contributed by atoms with Gasteiger partial charge in [-0.05, 0) is 42.8 Å². The number of nitrogens with zero attached hydrogens (tertiary/aromatic N) is 4. The number of nitrogens with one attached hydrogen (secondary N) is 1. The van der Waals surface area contributed by atoms with E-state index in [-0.39, 0.29) is 29.1 Å². The molecule has 7 nitrogen and oxygen atoms in total. The average Bonchev–Trinajstić information content (AvgIpc) is 3.34. The van der Waals surface area contributed by atoms with Crippen molar-refractivity contribution in [3.05, 3.63) is 58.3 Å². The molecule has 1 aliphatic rings. The predicted octanol–water partition coefficient (Wildman–Crippen LogP) is 3.83. The van der Waals surface area contributed by atoms with E-state index in [9.17, 15) is 9.18 Å². The molecule has 0 radical (unpaired) electrons. The highest BCUT2D eigenvalue weighted by Gasteiger charge is 2.34. The molecule has 0 bridgehead atoms. The van der Waals surface area contributed by atoms with Crippen molar-refractivity contribution in [2.75, 3.05) is 26.8 Å². The highest BCUT2D eigenvalue weighted by atomic mass is 32.2. The zero-order chi connectivity index (χ0) is 22.0. The van der Waals surface area contributed by atoms with Gasteiger partial charge in [0.2, 0.25) is 0 Å². The highest BCUT2D eigenvalue weighted by molar-refractivity contribution is 7.97. The summed E-state index contributed by atoms with van der Waals surface area (Å²) in [6, 6.07) is 6.79. The molecule has 4 rings (SSSR count). The molecule has 3 heterocycles. The first-order chi connectivity index (χ1) is 15.0. The van der Waals surface area contributed by atoms with E-state index in [2.05, 4.69) is 28.1 Å². The molecule has 1 N–H and O–H groups in total. The van der Waals surface area contributed by atoms with Crippen LogP contribution in [0.2, 0.25) is 0 Å². The molecule has 3 aromatic rings. The Labute approximate surface area is 185 Å². The van der Waals surface area contributed by atoms with Gasteiger partial charge < -0.3 is 9.72 Å². The number of imidazole rings is 1. The van der Waals surface area contributed by atoms with E-state index in [4.69, 9.17) is 9.84 Å². The van der Waals surface area contributed by atoms with Crippen LogP contribution >= 0.6 is 11.9 Å². The van der Waals surface area contributed by atoms with Gasteiger partial charge in [0.25, 0.3) is 5.56 Å². The molecule has 31 heavy (non-hydrogen) atoms. The number of H-pyrrole nitrogens is 1. The summed E-state index contributed by atoms with van der Waals surface area (Å²) in [6.07, 6.45) is 3.31. The van der Waals surface area contributed by atoms with Crippen LogP contribution < -0.4 is 5.56 Å². The third-order valence-corrected chi connectivity index (χ3v) is 7.05. The first-order valence-corrected chi connectivity index (χ1v) is 11.4. The summed E-state index contributed by atoms with van der Waals surface area (Å²) in [5, 5.41) is 4.81. The van der Waals surface area contributed by atoms with Crippen molar-refractivity contribution in [1.29, 1.82) is 0 Å². The van der Waals surface area contributed by atoms with Gasteiger partial charge in [0.05, 0.1) is 11.1 Å². The number of rotatable bonds is 8. The van der Waals surface area contributed by atoms with Gasteiger partial charge in [0, 0.05) is 38.6 Å². The van der Waals surface area contributed by atoms with E-state index < -0.39 is 0 Å². The van der Waals surface area contributed by atoms with E-state index in [0.29, 0.717) is 29.4 Å². The quantitative estimate of drug-likeness (QED) is 0.531. The number of halogens is 1. The number of methoxy groups -OCH3 is 1. The van der Waals surface area contributed by atoms with Gasteiger partial charge in [0.15, 0.2) is 5.52 Å². The summed E-state index contributed by atoms with van der Waals surface area (Å²) in [5.74, 6) is 1.71. The largest absolute Gasteiger partial charge is 0.385 e. The van der Waals surface area contributed by atoms with E-state index in [1.807, 2.05) is 6.07 Å². The Bertz CT molecular complexity index is 1100. The molecule has 0 amide bonds. The summed E-state index contributed by atoms with van der Waals surface area (Å²) >= 11 is 1.42. The maximum Gasteiger partial charge on any atom is 0.276 e. The Morgan fingerprint density at radius 1 is 1.35 bits per heavy atom. The minimum Gasteiger partial charge on any atom is -0.385 e. The maximum atomic E-state index is 14.1. The normalized spacial score (nSPS) is 20.5. The molecule has 1 fully saturated rings. The molecular formula is C22H28FN5O2S. The Morgan fingerprint density at radius 2 is 2.16 bits per heavy atom. The van der Waals surface area contributed by atoms with Crippen molar-refractivity contribution < 1.29 is 9.13 Å². The van der Waals surface area contributed by atoms with Crippen LogP contribution in [0.15, 0.2) is 40.2 Å². The summed E-state index contributed by atoms with van der Waals surface area (Å²) in [4.78, 5) is 20.9. The van der Waals surface area contributed by atoms with E-state index in [1.54, 1.807) is 30.0 Å². The predicted molar refractivity (Wildman–Crippen MR) is 119 cm³/mol. The topological polar surface area (TPSA) is 75.5 Å². The Balaban J connectivity index is 1.61. The Kier molecular flexibility index (Phi) is 6.74. The molecule has 1 saturated heterocycles. The molecule has 9 heteroatoms. The van der Waals surface area contributed by atoms with Crippen LogP contribution in [0.5, 0.6) is 0 Å². The van der Waals surface area contributed by atoms with E-state index in [1.165, 1.54) is 18.0 Å². The van der Waals surface area contributed by atoms with Gasteiger partial charge in [-0.3, -0.25) is 4.79 Å². The van der Waals surface area contributed by atoms with Crippen LogP contribution in [0.25, 0.3) is 5.52 Å². The second-order valence-electron chi connectivity index (χ2n) is 8.09. The maximum absolute atomic E-state index is 14.1. The molecule has 0 aliphatic carbocycles. The van der Waals surface area contributed by atoms with Crippen molar-refractivity contribution in [3.8, 4) is 0 Å². The smallest absolute Gasteiger partial charge is 0.276 e. The van der Waals surface area contributed by atoms with Gasteiger partial charge in [-0.25, -0.2) is 18.2 Å². The summed E-state index contributed by atoms with van der Waals surface area (Å²) < 4.78 is 23.1. The second-order valence-corrected chi connectivity index (χ2v) is 9.23. The SMILES string of the molecule is CCC(CCOC)c1ncc2c(=O)[nH]c(C3CN(Sc4ccccc4F)CC3C)nn12. The van der Waals surface area contributed by atoms with Gasteiger partial charge in [0.1, 0.15) is 17.5 Å². The average molecular weight is 446 g/mol. The van der Waals surface area contributed by atoms with Crippen LogP contribution in [-0.2, 0) is 4.74 Å². The van der Waals surface area contributed by atoms with Crippen LogP contribution in [0.3, 0.4) is 0 Å². The lowest BCUT2D eigenvalue weighted by molar-refractivity contribution is 0.185. The first kappa shape index (κ1) is 22.0. The number of fused-ring (bicyclic) bond motifs is 1. The standard InChI is InChI=1S/C22H28FN5O2S/c1-4-15(9-10-30-3)21-24-11-18-22(29)25-20(26-28(18)21)16-13-27(12-14(16)2)31-19-8-6-5-7-17(19)23/h5-8,11,14-16H,4,9-10,12-13H2,1-3H3,(H,25,26,29). The summed E-state index contributed by atoms with van der Waals surface area (Å²) in [5.41, 5.74) is 0.274. The Morgan fingerprint density at radius 3 is 2.90 bits per heavy atom. The molecule has 3 atom stereocenters. The van der Waals surface area contributed by atoms with Crippen molar-refractivity contribution in [1.82, 2.24) is 23.9 Å². The number of ether oxygens (including phenoxy) is 1. The van der Waals surface area contributed by atoms with Crippen molar-refractivity contribution in [2.24, 2.45) is 5.92 Å². The number of hydrogen-bond donors (Lipinski definition) is 1. The highest BCUT2D eigenvalue weighted by Crippen LogP contribution is 2.37. The number of aromatic nitrogens is 4. The molecule has 0 spiro atoms. The summed E-state index contributed by atoms with van der Waals surface area (Å²) in [6.45, 7) is 6.34. The molecule has 166 valence electrons. The minimum absolute atomic E-state index is 0.0469. The fraction of sp³-hybridized carbons (Fsp3) is 0.500. The zero-order valence-corrected chi connectivity index (χ0v) is 18.9. The van der Waals surface area contributed by atoms with Gasteiger partial charge in [-0.2, -0.15) is 5.10 Å². The molecule has 2 aromatic heterocycles. The van der Waals surface area contributed by atoms with Crippen molar-refractivity contribution in [2.45, 2.75) is 43.4 Å². The number of benzene rings is 1. The molecule has 1 aromatic carbocycles. The summed E-state index contributed by atoms with van der Waals surface area (Å²) in [7, 11) is 1.68. The van der Waals surface area contributed by atoms with Crippen LogP contribution in [0, 0.1) is 11.7 Å². The molecule has 3 unspecified atom stereocenters. The fourth-order valence-corrected chi connectivity index (χ4v) is 5.28. The van der Waals surface area contributed by atoms with Crippen LogP contribution in [-0.4, -0.2) is 50.7 Å². The molecular weight excluding hydrogens is 417 g/mol. The molecule has 0 saturated carbocycles. The molecule has 1 aliphatic heterocycles. The van der Waals surface area contributed by atoms with Crippen LogP contribution in [0.1, 0.15) is 50.2 Å². The lowest BCUT2D eigenvalue weighted by Gasteiger charge is -2.16. The van der Waals surface area contributed by atoms with Gasteiger partial charge >= 0.3 is 0 Å². The first-order valence-electron chi connectivity index (χ1n) is 10.7. The number of aromatic amines is 1. The van der Waals surface area contributed by atoms with Crippen molar-refractivity contribution in [3.63, 3.8) is 0 Å².